The Kier molecular flexibility index (Phi) is 15.5. The van der Waals surface area contributed by atoms with Gasteiger partial charge in [-0.1, -0.05) is 78.2 Å². The molecule has 0 rings (SSSR count). The van der Waals surface area contributed by atoms with Gasteiger partial charge in [-0.05, 0) is 43.6 Å². The second kappa shape index (κ2) is 16.4. The Morgan fingerprint density at radius 1 is 0.857 bits per heavy atom. The molecule has 0 radical (unpaired) electrons. The third kappa shape index (κ3) is 17.8. The molecule has 4 heteroatoms. The van der Waals surface area contributed by atoms with Crippen molar-refractivity contribution in [1.29, 1.82) is 0 Å². The predicted molar refractivity (Wildman–Crippen MR) is 116 cm³/mol. The number of carbonyl (C=O) groups is 2. The lowest BCUT2D eigenvalue weighted by Gasteiger charge is -2.15. The largest absolute Gasteiger partial charge is 0.478 e. The molecule has 0 aromatic heterocycles. The van der Waals surface area contributed by atoms with Crippen LogP contribution in [0.3, 0.4) is 0 Å². The smallest absolute Gasteiger partial charge is 0.331 e. The summed E-state index contributed by atoms with van der Waals surface area (Å²) >= 11 is 0. The minimum atomic E-state index is -1.15. The predicted octanol–water partition coefficient (Wildman–Crippen LogP) is 6.56. The SMILES string of the molecule is C/C(=C\COC(=O)/C=C\C(=O)O)CCC[C@H](C)CCC[C@H](C)CCCC(C)C. The molecule has 0 unspecified atom stereocenters. The zero-order chi connectivity index (χ0) is 21.4. The Hall–Kier alpha value is -1.58. The van der Waals surface area contributed by atoms with Crippen molar-refractivity contribution in [2.75, 3.05) is 6.61 Å². The Balaban J connectivity index is 3.77. The molecular weight excluding hydrogens is 352 g/mol. The van der Waals surface area contributed by atoms with E-state index in [0.29, 0.717) is 0 Å². The molecule has 0 aromatic rings. The zero-order valence-corrected chi connectivity index (χ0v) is 18.7. The maximum Gasteiger partial charge on any atom is 0.331 e. The van der Waals surface area contributed by atoms with Gasteiger partial charge in [0.25, 0.3) is 0 Å². The number of carboxylic acids is 1. The number of hydrogen-bond donors (Lipinski definition) is 1. The van der Waals surface area contributed by atoms with Gasteiger partial charge in [0.05, 0.1) is 0 Å². The first-order chi connectivity index (χ1) is 13.2. The first kappa shape index (κ1) is 26.4. The van der Waals surface area contributed by atoms with Gasteiger partial charge < -0.3 is 9.84 Å². The fourth-order valence-corrected chi connectivity index (χ4v) is 3.26. The van der Waals surface area contributed by atoms with Gasteiger partial charge in [0.1, 0.15) is 6.61 Å². The van der Waals surface area contributed by atoms with Crippen molar-refractivity contribution in [2.45, 2.75) is 92.4 Å². The van der Waals surface area contributed by atoms with Crippen LogP contribution < -0.4 is 0 Å². The van der Waals surface area contributed by atoms with E-state index in [4.69, 9.17) is 9.84 Å². The minimum absolute atomic E-state index is 0.193. The van der Waals surface area contributed by atoms with E-state index in [1.54, 1.807) is 0 Å². The molecule has 0 fully saturated rings. The standard InChI is InChI=1S/C24H42O4/c1-19(2)9-6-10-20(3)11-7-12-21(4)13-8-14-22(5)17-18-28-24(27)16-15-23(25)26/h15-17,19-21H,6-14,18H2,1-5H3,(H,25,26)/b16-15-,22-17+/t20-,21-/m1/s1. The third-order valence-corrected chi connectivity index (χ3v) is 5.16. The van der Waals surface area contributed by atoms with Gasteiger partial charge in [-0.3, -0.25) is 0 Å². The van der Waals surface area contributed by atoms with Crippen molar-refractivity contribution in [2.24, 2.45) is 17.8 Å². The second-order valence-corrected chi connectivity index (χ2v) is 8.71. The van der Waals surface area contributed by atoms with E-state index in [9.17, 15) is 9.59 Å². The molecular formula is C24H42O4. The molecule has 0 saturated carbocycles. The van der Waals surface area contributed by atoms with Crippen LogP contribution in [0.5, 0.6) is 0 Å². The Bertz CT molecular complexity index is 491. The van der Waals surface area contributed by atoms with E-state index in [0.717, 1.165) is 42.7 Å². The van der Waals surface area contributed by atoms with E-state index in [1.807, 2.05) is 13.0 Å². The van der Waals surface area contributed by atoms with Gasteiger partial charge in [0, 0.05) is 12.2 Å². The van der Waals surface area contributed by atoms with Gasteiger partial charge in [0.15, 0.2) is 0 Å². The summed E-state index contributed by atoms with van der Waals surface area (Å²) in [6.07, 6.45) is 15.1. The summed E-state index contributed by atoms with van der Waals surface area (Å²) in [5, 5.41) is 8.44. The molecule has 0 aliphatic heterocycles. The summed E-state index contributed by atoms with van der Waals surface area (Å²) in [4.78, 5) is 21.6. The van der Waals surface area contributed by atoms with Gasteiger partial charge in [-0.25, -0.2) is 9.59 Å². The fraction of sp³-hybridized carbons (Fsp3) is 0.750. The van der Waals surface area contributed by atoms with Crippen LogP contribution in [0.15, 0.2) is 23.8 Å². The molecule has 0 aliphatic carbocycles. The van der Waals surface area contributed by atoms with Gasteiger partial charge in [0.2, 0.25) is 0 Å². The fourth-order valence-electron chi connectivity index (χ4n) is 3.26. The zero-order valence-electron chi connectivity index (χ0n) is 18.7. The number of rotatable bonds is 16. The molecule has 28 heavy (non-hydrogen) atoms. The number of hydrogen-bond acceptors (Lipinski definition) is 3. The number of allylic oxidation sites excluding steroid dienone is 1. The summed E-state index contributed by atoms with van der Waals surface area (Å²) in [5.74, 6) is 0.654. The van der Waals surface area contributed by atoms with Crippen LogP contribution >= 0.6 is 0 Å². The van der Waals surface area contributed by atoms with Crippen LogP contribution in [-0.4, -0.2) is 23.7 Å². The Morgan fingerprint density at radius 2 is 1.39 bits per heavy atom. The molecule has 0 heterocycles. The summed E-state index contributed by atoms with van der Waals surface area (Å²) < 4.78 is 4.94. The summed E-state index contributed by atoms with van der Waals surface area (Å²) in [7, 11) is 0. The first-order valence-corrected chi connectivity index (χ1v) is 10.9. The van der Waals surface area contributed by atoms with E-state index in [1.165, 1.54) is 50.5 Å². The topological polar surface area (TPSA) is 63.6 Å². The monoisotopic (exact) mass is 394 g/mol. The van der Waals surface area contributed by atoms with E-state index in [2.05, 4.69) is 27.7 Å². The van der Waals surface area contributed by atoms with Gasteiger partial charge >= 0.3 is 11.9 Å². The lowest BCUT2D eigenvalue weighted by atomic mass is 9.91. The Labute approximate surface area is 172 Å². The van der Waals surface area contributed by atoms with Crippen LogP contribution in [0.4, 0.5) is 0 Å². The molecule has 1 N–H and O–H groups in total. The highest BCUT2D eigenvalue weighted by atomic mass is 16.5. The van der Waals surface area contributed by atoms with E-state index >= 15 is 0 Å². The third-order valence-electron chi connectivity index (χ3n) is 5.16. The lowest BCUT2D eigenvalue weighted by molar-refractivity contribution is -0.137. The van der Waals surface area contributed by atoms with Crippen molar-refractivity contribution >= 4 is 11.9 Å². The van der Waals surface area contributed by atoms with Crippen LogP contribution in [-0.2, 0) is 14.3 Å². The minimum Gasteiger partial charge on any atom is -0.478 e. The highest BCUT2D eigenvalue weighted by Crippen LogP contribution is 2.22. The normalized spacial score (nSPS) is 14.4. The molecule has 4 nitrogen and oxygen atoms in total. The number of ether oxygens (including phenoxy) is 1. The highest BCUT2D eigenvalue weighted by Gasteiger charge is 2.06. The summed E-state index contributed by atoms with van der Waals surface area (Å²) in [6, 6.07) is 0. The number of carbonyl (C=O) groups excluding carboxylic acids is 1. The summed E-state index contributed by atoms with van der Waals surface area (Å²) in [6.45, 7) is 11.6. The average Bonchev–Trinajstić information content (AvgIpc) is 2.59. The molecule has 0 saturated heterocycles. The average molecular weight is 395 g/mol. The molecule has 162 valence electrons. The number of esters is 1. The van der Waals surface area contributed by atoms with Crippen molar-refractivity contribution < 1.29 is 19.4 Å². The lowest BCUT2D eigenvalue weighted by Crippen LogP contribution is -2.02. The van der Waals surface area contributed by atoms with Crippen molar-refractivity contribution in [3.8, 4) is 0 Å². The molecule has 2 atom stereocenters. The maximum atomic E-state index is 11.3. The molecule has 0 aliphatic rings. The van der Waals surface area contributed by atoms with E-state index in [-0.39, 0.29) is 6.61 Å². The number of aliphatic carboxylic acids is 1. The molecule has 0 amide bonds. The quantitative estimate of drug-likeness (QED) is 0.183. The van der Waals surface area contributed by atoms with Crippen molar-refractivity contribution in [1.82, 2.24) is 0 Å². The molecule has 0 aromatic carbocycles. The van der Waals surface area contributed by atoms with Crippen LogP contribution in [0.2, 0.25) is 0 Å². The first-order valence-electron chi connectivity index (χ1n) is 10.9. The van der Waals surface area contributed by atoms with Crippen LogP contribution in [0.1, 0.15) is 92.4 Å². The van der Waals surface area contributed by atoms with Crippen LogP contribution in [0, 0.1) is 17.8 Å². The van der Waals surface area contributed by atoms with Crippen molar-refractivity contribution in [3.05, 3.63) is 23.8 Å². The second-order valence-electron chi connectivity index (χ2n) is 8.71. The van der Waals surface area contributed by atoms with Crippen LogP contribution in [0.25, 0.3) is 0 Å². The molecule has 0 bridgehead atoms. The van der Waals surface area contributed by atoms with Gasteiger partial charge in [-0.15, -0.1) is 0 Å². The summed E-state index contributed by atoms with van der Waals surface area (Å²) in [5.41, 5.74) is 1.21. The Morgan fingerprint density at radius 3 is 1.93 bits per heavy atom. The van der Waals surface area contributed by atoms with E-state index < -0.39 is 11.9 Å². The highest BCUT2D eigenvalue weighted by molar-refractivity contribution is 5.90. The maximum absolute atomic E-state index is 11.3. The van der Waals surface area contributed by atoms with Gasteiger partial charge in [-0.2, -0.15) is 0 Å². The van der Waals surface area contributed by atoms with Crippen molar-refractivity contribution in [3.63, 3.8) is 0 Å². The molecule has 0 spiro atoms. The number of carboxylic acid groups (broad SMARTS) is 1.